The van der Waals surface area contributed by atoms with E-state index in [1.807, 2.05) is 45.2 Å². The third-order valence-corrected chi connectivity index (χ3v) is 4.51. The third-order valence-electron chi connectivity index (χ3n) is 4.26. The molecule has 4 atom stereocenters. The fourth-order valence-corrected chi connectivity index (χ4v) is 2.25. The zero-order valence-corrected chi connectivity index (χ0v) is 13.7. The lowest BCUT2D eigenvalue weighted by atomic mass is 9.92. The molecule has 0 fully saturated rings. The van der Waals surface area contributed by atoms with Crippen LogP contribution in [-0.2, 0) is 4.79 Å². The highest BCUT2D eigenvalue weighted by molar-refractivity contribution is 6.30. The summed E-state index contributed by atoms with van der Waals surface area (Å²) in [6, 6.07) is 7.75. The molecule has 1 aromatic carbocycles. The number of benzene rings is 1. The summed E-state index contributed by atoms with van der Waals surface area (Å²) in [5.74, 6) is 0.162. The predicted molar refractivity (Wildman–Crippen MR) is 84.9 cm³/mol. The first-order valence-electron chi connectivity index (χ1n) is 7.03. The van der Waals surface area contributed by atoms with Gasteiger partial charge in [-0.2, -0.15) is 0 Å². The van der Waals surface area contributed by atoms with Crippen LogP contribution in [0.2, 0.25) is 5.02 Å². The molecule has 0 saturated heterocycles. The van der Waals surface area contributed by atoms with E-state index in [9.17, 15) is 4.79 Å². The molecule has 0 radical (unpaired) electrons. The Morgan fingerprint density at radius 3 is 2.10 bits per heavy atom. The fraction of sp³-hybridized carbons (Fsp3) is 0.562. The summed E-state index contributed by atoms with van der Waals surface area (Å²) in [5, 5.41) is 0.726. The predicted octanol–water partition coefficient (Wildman–Crippen LogP) is 3.27. The number of rotatable bonds is 5. The van der Waals surface area contributed by atoms with E-state index in [0.717, 1.165) is 5.02 Å². The third kappa shape index (κ3) is 3.97. The molecule has 0 aromatic heterocycles. The van der Waals surface area contributed by atoms with Crippen LogP contribution in [-0.4, -0.2) is 29.9 Å². The van der Waals surface area contributed by atoms with Crippen LogP contribution in [0.1, 0.15) is 39.2 Å². The lowest BCUT2D eigenvalue weighted by Crippen LogP contribution is -2.45. The summed E-state index contributed by atoms with van der Waals surface area (Å²) in [6.45, 7) is 7.92. The van der Waals surface area contributed by atoms with Gasteiger partial charge in [0.05, 0.1) is 5.92 Å². The minimum Gasteiger partial charge on any atom is -0.342 e. The first kappa shape index (κ1) is 17.0. The molecule has 0 heterocycles. The number of halogens is 1. The Labute approximate surface area is 127 Å². The Kier molecular flexibility index (Phi) is 6.03. The van der Waals surface area contributed by atoms with E-state index in [0.29, 0.717) is 0 Å². The van der Waals surface area contributed by atoms with E-state index in [4.69, 9.17) is 17.3 Å². The van der Waals surface area contributed by atoms with Gasteiger partial charge in [-0.1, -0.05) is 37.6 Å². The molecule has 1 aromatic rings. The van der Waals surface area contributed by atoms with Crippen molar-refractivity contribution >= 4 is 17.5 Å². The smallest absolute Gasteiger partial charge is 0.226 e. The van der Waals surface area contributed by atoms with E-state index < -0.39 is 0 Å². The summed E-state index contributed by atoms with van der Waals surface area (Å²) in [6.07, 6.45) is 0. The average molecular weight is 297 g/mol. The average Bonchev–Trinajstić information content (AvgIpc) is 2.44. The molecular weight excluding hydrogens is 272 g/mol. The van der Waals surface area contributed by atoms with E-state index >= 15 is 0 Å². The Bertz CT molecular complexity index is 444. The molecule has 1 rings (SSSR count). The van der Waals surface area contributed by atoms with Gasteiger partial charge in [0.25, 0.3) is 0 Å². The highest BCUT2D eigenvalue weighted by Crippen LogP contribution is 2.24. The van der Waals surface area contributed by atoms with Gasteiger partial charge in [0.15, 0.2) is 0 Å². The summed E-state index contributed by atoms with van der Waals surface area (Å²) >= 11 is 5.91. The molecule has 0 aliphatic rings. The van der Waals surface area contributed by atoms with E-state index in [1.165, 1.54) is 5.56 Å². The summed E-state index contributed by atoms with van der Waals surface area (Å²) in [4.78, 5) is 14.1. The lowest BCUT2D eigenvalue weighted by molar-refractivity contribution is -0.136. The second kappa shape index (κ2) is 7.09. The SMILES string of the molecule is CC(N)C(C)C(=O)N(C)C(C)C(C)c1ccc(Cl)cc1. The van der Waals surface area contributed by atoms with Gasteiger partial charge in [-0.05, 0) is 31.5 Å². The minimum absolute atomic E-state index is 0.0910. The van der Waals surface area contributed by atoms with Gasteiger partial charge in [-0.3, -0.25) is 4.79 Å². The van der Waals surface area contributed by atoms with Crippen LogP contribution in [0, 0.1) is 5.92 Å². The maximum Gasteiger partial charge on any atom is 0.226 e. The summed E-state index contributed by atoms with van der Waals surface area (Å²) in [5.41, 5.74) is 6.99. The number of nitrogens with zero attached hydrogens (tertiary/aromatic N) is 1. The quantitative estimate of drug-likeness (QED) is 0.906. The van der Waals surface area contributed by atoms with Crippen molar-refractivity contribution in [1.82, 2.24) is 4.90 Å². The van der Waals surface area contributed by atoms with Crippen molar-refractivity contribution in [2.24, 2.45) is 11.7 Å². The van der Waals surface area contributed by atoms with Crippen LogP contribution >= 0.6 is 11.6 Å². The Hall–Kier alpha value is -1.06. The molecular formula is C16H25ClN2O. The molecule has 2 N–H and O–H groups in total. The van der Waals surface area contributed by atoms with Crippen molar-refractivity contribution in [2.75, 3.05) is 7.05 Å². The van der Waals surface area contributed by atoms with Crippen LogP contribution in [0.4, 0.5) is 0 Å². The van der Waals surface area contributed by atoms with Crippen molar-refractivity contribution < 1.29 is 4.79 Å². The number of nitrogens with two attached hydrogens (primary N) is 1. The van der Waals surface area contributed by atoms with Crippen molar-refractivity contribution in [1.29, 1.82) is 0 Å². The van der Waals surface area contributed by atoms with Crippen molar-refractivity contribution in [3.63, 3.8) is 0 Å². The van der Waals surface area contributed by atoms with E-state index in [-0.39, 0.29) is 29.8 Å². The topological polar surface area (TPSA) is 46.3 Å². The molecule has 0 bridgehead atoms. The molecule has 0 saturated carbocycles. The molecule has 4 unspecified atom stereocenters. The number of hydrogen-bond donors (Lipinski definition) is 1. The fourth-order valence-electron chi connectivity index (χ4n) is 2.13. The second-order valence-electron chi connectivity index (χ2n) is 5.68. The van der Waals surface area contributed by atoms with Crippen molar-refractivity contribution in [3.8, 4) is 0 Å². The van der Waals surface area contributed by atoms with Crippen molar-refractivity contribution in [2.45, 2.75) is 45.7 Å². The highest BCUT2D eigenvalue weighted by Gasteiger charge is 2.27. The van der Waals surface area contributed by atoms with Gasteiger partial charge >= 0.3 is 0 Å². The van der Waals surface area contributed by atoms with Gasteiger partial charge in [0.1, 0.15) is 0 Å². The lowest BCUT2D eigenvalue weighted by Gasteiger charge is -2.33. The van der Waals surface area contributed by atoms with Crippen LogP contribution in [0.3, 0.4) is 0 Å². The van der Waals surface area contributed by atoms with E-state index in [1.54, 1.807) is 4.90 Å². The largest absolute Gasteiger partial charge is 0.342 e. The maximum absolute atomic E-state index is 12.3. The number of hydrogen-bond acceptors (Lipinski definition) is 2. The van der Waals surface area contributed by atoms with E-state index in [2.05, 4.69) is 13.8 Å². The van der Waals surface area contributed by atoms with Crippen LogP contribution in [0.5, 0.6) is 0 Å². The molecule has 3 nitrogen and oxygen atoms in total. The first-order valence-corrected chi connectivity index (χ1v) is 7.41. The molecule has 112 valence electrons. The van der Waals surface area contributed by atoms with Crippen LogP contribution in [0.15, 0.2) is 24.3 Å². The Morgan fingerprint density at radius 1 is 1.15 bits per heavy atom. The van der Waals surface area contributed by atoms with Gasteiger partial charge in [0, 0.05) is 30.1 Å². The number of likely N-dealkylation sites (N-methyl/N-ethyl adjacent to an activating group) is 1. The summed E-state index contributed by atoms with van der Waals surface area (Å²) < 4.78 is 0. The molecule has 0 aliphatic heterocycles. The molecule has 20 heavy (non-hydrogen) atoms. The maximum atomic E-state index is 12.3. The van der Waals surface area contributed by atoms with Crippen LogP contribution in [0.25, 0.3) is 0 Å². The molecule has 0 spiro atoms. The highest BCUT2D eigenvalue weighted by atomic mass is 35.5. The number of amides is 1. The number of carbonyl (C=O) groups excluding carboxylic acids is 1. The van der Waals surface area contributed by atoms with Gasteiger partial charge in [-0.15, -0.1) is 0 Å². The van der Waals surface area contributed by atoms with Gasteiger partial charge < -0.3 is 10.6 Å². The van der Waals surface area contributed by atoms with Gasteiger partial charge in [-0.25, -0.2) is 0 Å². The Balaban J connectivity index is 2.80. The zero-order valence-electron chi connectivity index (χ0n) is 12.9. The number of carbonyl (C=O) groups is 1. The minimum atomic E-state index is -0.167. The summed E-state index contributed by atoms with van der Waals surface area (Å²) in [7, 11) is 1.85. The molecule has 1 amide bonds. The molecule has 4 heteroatoms. The molecule has 0 aliphatic carbocycles. The van der Waals surface area contributed by atoms with Crippen molar-refractivity contribution in [3.05, 3.63) is 34.9 Å². The van der Waals surface area contributed by atoms with Gasteiger partial charge in [0.2, 0.25) is 5.91 Å². The second-order valence-corrected chi connectivity index (χ2v) is 6.11. The first-order chi connectivity index (χ1) is 9.25. The zero-order chi connectivity index (χ0) is 15.4. The van der Waals surface area contributed by atoms with Crippen LogP contribution < -0.4 is 5.73 Å². The monoisotopic (exact) mass is 296 g/mol. The Morgan fingerprint density at radius 2 is 1.65 bits per heavy atom. The normalized spacial score (nSPS) is 17.1. The standard InChI is InChI=1S/C16H25ClN2O/c1-10(12(3)18)16(20)19(5)13(4)11(2)14-6-8-15(17)9-7-14/h6-13H,18H2,1-5H3.